The van der Waals surface area contributed by atoms with Crippen molar-refractivity contribution in [2.75, 3.05) is 20.6 Å². The maximum Gasteiger partial charge on any atom is 0.244 e. The average Bonchev–Trinajstić information content (AvgIpc) is 3.22. The van der Waals surface area contributed by atoms with Gasteiger partial charge in [0.2, 0.25) is 5.91 Å². The molecule has 1 N–H and O–H groups in total. The van der Waals surface area contributed by atoms with Crippen LogP contribution >= 0.6 is 11.3 Å². The van der Waals surface area contributed by atoms with E-state index >= 15 is 0 Å². The molecule has 2 aromatic heterocycles. The van der Waals surface area contributed by atoms with Crippen molar-refractivity contribution < 1.29 is 4.79 Å². The van der Waals surface area contributed by atoms with Crippen molar-refractivity contribution >= 4 is 34.2 Å². The minimum Gasteiger partial charge on any atom is -0.351 e. The van der Waals surface area contributed by atoms with Gasteiger partial charge in [0, 0.05) is 41.6 Å². The Balaban J connectivity index is 1.74. The molecule has 0 unspecified atom stereocenters. The van der Waals surface area contributed by atoms with Gasteiger partial charge in [-0.3, -0.25) is 4.79 Å². The van der Waals surface area contributed by atoms with Crippen molar-refractivity contribution in [1.29, 1.82) is 0 Å². The number of nitrogens with zero attached hydrogens (tertiary/aromatic N) is 2. The first-order valence-corrected chi connectivity index (χ1v) is 9.14. The molecule has 0 radical (unpaired) electrons. The molecule has 0 aliphatic rings. The van der Waals surface area contributed by atoms with Gasteiger partial charge < -0.3 is 14.8 Å². The van der Waals surface area contributed by atoms with Crippen LogP contribution in [0, 0.1) is 0 Å². The SMILES string of the molecule is CN(C)[C@@H](CNC(=O)/C=C/c1cccs1)c1cn(C)c2ccccc12. The van der Waals surface area contributed by atoms with Gasteiger partial charge in [-0.05, 0) is 43.2 Å². The quantitative estimate of drug-likeness (QED) is 0.687. The van der Waals surface area contributed by atoms with Gasteiger partial charge in [-0.15, -0.1) is 11.3 Å². The summed E-state index contributed by atoms with van der Waals surface area (Å²) in [7, 11) is 6.14. The van der Waals surface area contributed by atoms with E-state index in [1.54, 1.807) is 17.4 Å². The number of nitrogens with one attached hydrogen (secondary N) is 1. The highest BCUT2D eigenvalue weighted by atomic mass is 32.1. The molecule has 2 heterocycles. The van der Waals surface area contributed by atoms with Crippen LogP contribution in [0.4, 0.5) is 0 Å². The van der Waals surface area contributed by atoms with Crippen molar-refractivity contribution in [3.05, 3.63) is 64.5 Å². The van der Waals surface area contributed by atoms with Crippen molar-refractivity contribution in [3.63, 3.8) is 0 Å². The first-order valence-electron chi connectivity index (χ1n) is 8.26. The van der Waals surface area contributed by atoms with Crippen LogP contribution in [0.25, 0.3) is 17.0 Å². The second kappa shape index (κ2) is 7.68. The van der Waals surface area contributed by atoms with E-state index in [4.69, 9.17) is 0 Å². The van der Waals surface area contributed by atoms with Gasteiger partial charge in [0.15, 0.2) is 0 Å². The molecule has 5 heteroatoms. The van der Waals surface area contributed by atoms with Crippen molar-refractivity contribution in [1.82, 2.24) is 14.8 Å². The Bertz CT molecular complexity index is 878. The molecule has 4 nitrogen and oxygen atoms in total. The third kappa shape index (κ3) is 4.00. The third-order valence-corrected chi connectivity index (χ3v) is 5.16. The molecule has 130 valence electrons. The lowest BCUT2D eigenvalue weighted by atomic mass is 10.0. The minimum absolute atomic E-state index is 0.0690. The predicted molar refractivity (Wildman–Crippen MR) is 106 cm³/mol. The number of aryl methyl sites for hydroxylation is 1. The number of rotatable bonds is 6. The van der Waals surface area contributed by atoms with Gasteiger partial charge in [0.25, 0.3) is 0 Å². The average molecular weight is 353 g/mol. The van der Waals surface area contributed by atoms with Crippen LogP contribution in [0.1, 0.15) is 16.5 Å². The van der Waals surface area contributed by atoms with E-state index in [9.17, 15) is 4.79 Å². The highest BCUT2D eigenvalue weighted by molar-refractivity contribution is 7.10. The summed E-state index contributed by atoms with van der Waals surface area (Å²) in [6, 6.07) is 12.4. The molecule has 0 aliphatic carbocycles. The number of hydrogen-bond acceptors (Lipinski definition) is 3. The number of likely N-dealkylation sites (N-methyl/N-ethyl adjacent to an activating group) is 1. The number of para-hydroxylation sites is 1. The highest BCUT2D eigenvalue weighted by Gasteiger charge is 2.19. The normalized spacial score (nSPS) is 13.0. The number of aromatic nitrogens is 1. The Hall–Kier alpha value is -2.37. The molecule has 0 saturated carbocycles. The minimum atomic E-state index is -0.0690. The topological polar surface area (TPSA) is 37.3 Å². The van der Waals surface area contributed by atoms with E-state index in [0.29, 0.717) is 6.54 Å². The molecular weight excluding hydrogens is 330 g/mol. The lowest BCUT2D eigenvalue weighted by Gasteiger charge is -2.24. The maximum absolute atomic E-state index is 12.1. The van der Waals surface area contributed by atoms with Gasteiger partial charge >= 0.3 is 0 Å². The van der Waals surface area contributed by atoms with Crippen molar-refractivity contribution in [2.24, 2.45) is 7.05 Å². The van der Waals surface area contributed by atoms with E-state index in [-0.39, 0.29) is 11.9 Å². The Morgan fingerprint density at radius 2 is 2.08 bits per heavy atom. The van der Waals surface area contributed by atoms with Gasteiger partial charge in [0.1, 0.15) is 0 Å². The van der Waals surface area contributed by atoms with Crippen LogP contribution in [-0.4, -0.2) is 36.0 Å². The zero-order valence-electron chi connectivity index (χ0n) is 14.8. The molecular formula is C20H23N3OS. The maximum atomic E-state index is 12.1. The number of fused-ring (bicyclic) bond motifs is 1. The summed E-state index contributed by atoms with van der Waals surface area (Å²) in [6.45, 7) is 0.564. The molecule has 0 fully saturated rings. The largest absolute Gasteiger partial charge is 0.351 e. The smallest absolute Gasteiger partial charge is 0.244 e. The summed E-state index contributed by atoms with van der Waals surface area (Å²) in [5.74, 6) is -0.0690. The molecule has 1 amide bonds. The molecule has 1 atom stereocenters. The van der Waals surface area contributed by atoms with E-state index in [0.717, 1.165) is 4.88 Å². The fraction of sp³-hybridized carbons (Fsp3) is 0.250. The molecule has 0 spiro atoms. The van der Waals surface area contributed by atoms with Crippen LogP contribution in [0.3, 0.4) is 0 Å². The van der Waals surface area contributed by atoms with Crippen LogP contribution in [0.15, 0.2) is 54.1 Å². The fourth-order valence-corrected chi connectivity index (χ4v) is 3.63. The summed E-state index contributed by atoms with van der Waals surface area (Å²) in [5, 5.41) is 6.26. The first-order chi connectivity index (χ1) is 12.1. The lowest BCUT2D eigenvalue weighted by molar-refractivity contribution is -0.116. The van der Waals surface area contributed by atoms with Crippen LogP contribution < -0.4 is 5.32 Å². The van der Waals surface area contributed by atoms with Gasteiger partial charge in [0.05, 0.1) is 6.04 Å². The van der Waals surface area contributed by atoms with Crippen molar-refractivity contribution in [2.45, 2.75) is 6.04 Å². The Morgan fingerprint density at radius 1 is 1.28 bits per heavy atom. The lowest BCUT2D eigenvalue weighted by Crippen LogP contribution is -2.33. The molecule has 25 heavy (non-hydrogen) atoms. The summed E-state index contributed by atoms with van der Waals surface area (Å²) < 4.78 is 2.14. The summed E-state index contributed by atoms with van der Waals surface area (Å²) >= 11 is 1.62. The van der Waals surface area contributed by atoms with Gasteiger partial charge in [-0.1, -0.05) is 24.3 Å². The van der Waals surface area contributed by atoms with E-state index in [2.05, 4.69) is 46.2 Å². The second-order valence-corrected chi connectivity index (χ2v) is 7.27. The first kappa shape index (κ1) is 17.5. The number of hydrogen-bond donors (Lipinski definition) is 1. The Kier molecular flexibility index (Phi) is 5.36. The second-order valence-electron chi connectivity index (χ2n) is 6.29. The molecule has 0 saturated heterocycles. The number of benzene rings is 1. The monoisotopic (exact) mass is 353 g/mol. The van der Waals surface area contributed by atoms with E-state index < -0.39 is 0 Å². The molecule has 3 rings (SSSR count). The highest BCUT2D eigenvalue weighted by Crippen LogP contribution is 2.28. The van der Waals surface area contributed by atoms with E-state index in [1.165, 1.54) is 16.5 Å². The number of carbonyl (C=O) groups excluding carboxylic acids is 1. The van der Waals surface area contributed by atoms with Gasteiger partial charge in [-0.2, -0.15) is 0 Å². The Morgan fingerprint density at radius 3 is 2.80 bits per heavy atom. The third-order valence-electron chi connectivity index (χ3n) is 4.32. The molecule has 1 aromatic carbocycles. The number of amides is 1. The predicted octanol–water partition coefficient (Wildman–Crippen LogP) is 3.67. The van der Waals surface area contributed by atoms with Gasteiger partial charge in [-0.25, -0.2) is 0 Å². The zero-order chi connectivity index (χ0) is 17.8. The zero-order valence-corrected chi connectivity index (χ0v) is 15.6. The standard InChI is InChI=1S/C20H23N3OS/c1-22(2)19(13-21-20(24)11-10-15-7-6-12-25-15)17-14-23(3)18-9-5-4-8-16(17)18/h4-12,14,19H,13H2,1-3H3,(H,21,24)/b11-10+/t19-/m0/s1. The van der Waals surface area contributed by atoms with Crippen molar-refractivity contribution in [3.8, 4) is 0 Å². The van der Waals surface area contributed by atoms with Crippen LogP contribution in [0.5, 0.6) is 0 Å². The molecule has 0 bridgehead atoms. The number of carbonyl (C=O) groups is 1. The van der Waals surface area contributed by atoms with Crippen LogP contribution in [-0.2, 0) is 11.8 Å². The van der Waals surface area contributed by atoms with E-state index in [1.807, 2.05) is 43.8 Å². The number of thiophene rings is 1. The molecule has 0 aliphatic heterocycles. The fourth-order valence-electron chi connectivity index (χ4n) is 3.01. The Labute approximate surface area is 152 Å². The summed E-state index contributed by atoms with van der Waals surface area (Å²) in [5.41, 5.74) is 2.43. The summed E-state index contributed by atoms with van der Waals surface area (Å²) in [6.07, 6.45) is 5.60. The molecule has 3 aromatic rings. The summed E-state index contributed by atoms with van der Waals surface area (Å²) in [4.78, 5) is 15.4. The van der Waals surface area contributed by atoms with Crippen LogP contribution in [0.2, 0.25) is 0 Å².